The number of amides is 1. The first-order valence-electron chi connectivity index (χ1n) is 12.3. The van der Waals surface area contributed by atoms with Gasteiger partial charge in [-0.05, 0) is 61.7 Å². The third-order valence-corrected chi connectivity index (χ3v) is 11.7. The van der Waals surface area contributed by atoms with Crippen LogP contribution in [0.1, 0.15) is 66.4 Å². The van der Waals surface area contributed by atoms with Gasteiger partial charge in [0.1, 0.15) is 18.1 Å². The van der Waals surface area contributed by atoms with E-state index < -0.39 is 8.32 Å². The Hall–Kier alpha value is -2.71. The lowest BCUT2D eigenvalue weighted by Gasteiger charge is -2.36. The maximum atomic E-state index is 13.6. The van der Waals surface area contributed by atoms with Gasteiger partial charge < -0.3 is 19.2 Å². The van der Waals surface area contributed by atoms with Gasteiger partial charge in [-0.2, -0.15) is 0 Å². The molecule has 190 valence electrons. The first kappa shape index (κ1) is 26.9. The zero-order valence-corrected chi connectivity index (χ0v) is 22.5. The van der Waals surface area contributed by atoms with Gasteiger partial charge in [-0.25, -0.2) is 0 Å². The van der Waals surface area contributed by atoms with Gasteiger partial charge in [0.25, 0.3) is 5.91 Å². The molecule has 1 N–H and O–H groups in total. The number of pyridine rings is 1. The van der Waals surface area contributed by atoms with Crippen LogP contribution in [0.3, 0.4) is 0 Å². The first-order chi connectivity index (χ1) is 16.5. The number of benzene rings is 1. The summed E-state index contributed by atoms with van der Waals surface area (Å²) in [5.41, 5.74) is 1.47. The average Bonchev–Trinajstić information content (AvgIpc) is 2.82. The Bertz CT molecular complexity index is 1030. The van der Waals surface area contributed by atoms with Gasteiger partial charge in [-0.1, -0.05) is 26.8 Å². The van der Waals surface area contributed by atoms with Crippen LogP contribution in [0.5, 0.6) is 11.5 Å². The number of ether oxygens (including phenoxy) is 1. The predicted molar refractivity (Wildman–Crippen MR) is 139 cm³/mol. The summed E-state index contributed by atoms with van der Waals surface area (Å²) in [7, 11) is -1.88. The summed E-state index contributed by atoms with van der Waals surface area (Å²) in [5.74, 6) is 0.150. The minimum Gasteiger partial charge on any atom is -0.507 e. The summed E-state index contributed by atoms with van der Waals surface area (Å²) < 4.78 is 12.2. The number of hydrogen-bond acceptors (Lipinski definition) is 6. The summed E-state index contributed by atoms with van der Waals surface area (Å²) in [6.45, 7) is 12.5. The second kappa shape index (κ2) is 11.3. The van der Waals surface area contributed by atoms with E-state index in [1.54, 1.807) is 24.4 Å². The normalized spacial score (nSPS) is 16.7. The number of hydrogen-bond donors (Lipinski definition) is 1. The van der Waals surface area contributed by atoms with Crippen LogP contribution >= 0.6 is 0 Å². The predicted octanol–water partition coefficient (Wildman–Crippen LogP) is 5.24. The highest BCUT2D eigenvalue weighted by atomic mass is 28.4. The molecule has 7 nitrogen and oxygen atoms in total. The van der Waals surface area contributed by atoms with Crippen molar-refractivity contribution < 1.29 is 23.9 Å². The van der Waals surface area contributed by atoms with E-state index in [0.29, 0.717) is 37.2 Å². The van der Waals surface area contributed by atoms with Crippen molar-refractivity contribution in [2.75, 3.05) is 19.8 Å². The van der Waals surface area contributed by atoms with E-state index in [1.165, 1.54) is 6.07 Å². The zero-order valence-electron chi connectivity index (χ0n) is 21.5. The van der Waals surface area contributed by atoms with Gasteiger partial charge in [-0.15, -0.1) is 0 Å². The molecule has 0 aliphatic carbocycles. The van der Waals surface area contributed by atoms with Crippen molar-refractivity contribution in [1.29, 1.82) is 0 Å². The molecule has 1 aromatic heterocycles. The molecule has 0 radical (unpaired) electrons. The minimum absolute atomic E-state index is 0.0553. The van der Waals surface area contributed by atoms with E-state index >= 15 is 0 Å². The number of carbonyl (C=O) groups is 2. The van der Waals surface area contributed by atoms with Gasteiger partial charge in [0.15, 0.2) is 14.6 Å². The number of aldehydes is 1. The zero-order chi connectivity index (χ0) is 25.6. The lowest BCUT2D eigenvalue weighted by atomic mass is 10.0. The quantitative estimate of drug-likeness (QED) is 0.376. The van der Waals surface area contributed by atoms with Crippen LogP contribution in [0.4, 0.5) is 0 Å². The fourth-order valence-electron chi connectivity index (χ4n) is 4.01. The SMILES string of the molecule is CC(C)(C)[Si](C)(C)OCCc1ncccc1C(=O)N1CCCC[C@@H]1COc1cccc(O)c1C=O. The molecule has 2 heterocycles. The smallest absolute Gasteiger partial charge is 0.256 e. The van der Waals surface area contributed by atoms with E-state index in [4.69, 9.17) is 9.16 Å². The Balaban J connectivity index is 1.71. The highest BCUT2D eigenvalue weighted by Gasteiger charge is 2.37. The molecule has 1 atom stereocenters. The van der Waals surface area contributed by atoms with Crippen LogP contribution in [0, 0.1) is 0 Å². The lowest BCUT2D eigenvalue weighted by molar-refractivity contribution is 0.0525. The third kappa shape index (κ3) is 6.49. The Kier molecular flexibility index (Phi) is 8.72. The van der Waals surface area contributed by atoms with Crippen LogP contribution in [0.25, 0.3) is 0 Å². The number of aromatic nitrogens is 1. The molecule has 35 heavy (non-hydrogen) atoms. The first-order valence-corrected chi connectivity index (χ1v) is 15.2. The number of rotatable bonds is 9. The molecule has 0 unspecified atom stereocenters. The lowest BCUT2D eigenvalue weighted by Crippen LogP contribution is -2.47. The molecule has 1 aliphatic heterocycles. The van der Waals surface area contributed by atoms with Crippen molar-refractivity contribution in [2.45, 2.75) is 70.6 Å². The van der Waals surface area contributed by atoms with Gasteiger partial charge in [0.05, 0.1) is 22.9 Å². The van der Waals surface area contributed by atoms with Gasteiger partial charge in [0.2, 0.25) is 0 Å². The Labute approximate surface area is 209 Å². The molecular formula is C27H38N2O5Si. The molecule has 1 saturated heterocycles. The molecule has 0 bridgehead atoms. The van der Waals surface area contributed by atoms with Gasteiger partial charge >= 0.3 is 0 Å². The van der Waals surface area contributed by atoms with Crippen molar-refractivity contribution in [3.05, 3.63) is 53.3 Å². The van der Waals surface area contributed by atoms with E-state index in [2.05, 4.69) is 38.8 Å². The third-order valence-electron chi connectivity index (χ3n) is 7.21. The monoisotopic (exact) mass is 498 g/mol. The largest absolute Gasteiger partial charge is 0.507 e. The maximum Gasteiger partial charge on any atom is 0.256 e. The van der Waals surface area contributed by atoms with Gasteiger partial charge in [-0.3, -0.25) is 14.6 Å². The summed E-state index contributed by atoms with van der Waals surface area (Å²) in [4.78, 5) is 31.4. The van der Waals surface area contributed by atoms with E-state index in [-0.39, 0.29) is 34.9 Å². The Morgan fingerprint density at radius 2 is 2.00 bits per heavy atom. The van der Waals surface area contributed by atoms with Crippen molar-refractivity contribution in [2.24, 2.45) is 0 Å². The molecule has 1 fully saturated rings. The van der Waals surface area contributed by atoms with Crippen LogP contribution in [0.2, 0.25) is 18.1 Å². The molecule has 2 aromatic rings. The van der Waals surface area contributed by atoms with Crippen molar-refractivity contribution in [1.82, 2.24) is 9.88 Å². The fourth-order valence-corrected chi connectivity index (χ4v) is 5.06. The average molecular weight is 499 g/mol. The summed E-state index contributed by atoms with van der Waals surface area (Å²) in [6.07, 6.45) is 5.62. The van der Waals surface area contributed by atoms with Crippen molar-refractivity contribution in [3.8, 4) is 11.5 Å². The second-order valence-corrected chi connectivity index (χ2v) is 15.4. The van der Waals surface area contributed by atoms with Crippen LogP contribution in [0.15, 0.2) is 36.5 Å². The van der Waals surface area contributed by atoms with E-state index in [1.807, 2.05) is 11.0 Å². The molecular weight excluding hydrogens is 460 g/mol. The number of phenolic OH excluding ortho intramolecular Hbond substituents is 1. The van der Waals surface area contributed by atoms with Crippen molar-refractivity contribution in [3.63, 3.8) is 0 Å². The van der Waals surface area contributed by atoms with Crippen LogP contribution in [-0.2, 0) is 10.8 Å². The Morgan fingerprint density at radius 1 is 1.23 bits per heavy atom. The Morgan fingerprint density at radius 3 is 2.71 bits per heavy atom. The fraction of sp³-hybridized carbons (Fsp3) is 0.519. The number of likely N-dealkylation sites (tertiary alicyclic amines) is 1. The van der Waals surface area contributed by atoms with Gasteiger partial charge in [0, 0.05) is 25.8 Å². The number of carbonyl (C=O) groups excluding carboxylic acids is 2. The number of nitrogens with zero attached hydrogens (tertiary/aromatic N) is 2. The number of phenols is 1. The standard InChI is InChI=1S/C27H38N2O5Si/c1-27(2,3)35(4,5)34-17-14-23-21(11-9-15-28-23)26(32)29-16-7-6-10-20(29)19-33-25-13-8-12-24(31)22(25)18-30/h8-9,11-13,15,18,20,31H,6-7,10,14,16-17,19H2,1-5H3/t20-/m1/s1. The topological polar surface area (TPSA) is 89.0 Å². The molecule has 1 amide bonds. The number of piperidine rings is 1. The number of aromatic hydroxyl groups is 1. The van der Waals surface area contributed by atoms with Crippen LogP contribution in [-0.4, -0.2) is 61.3 Å². The second-order valence-electron chi connectivity index (χ2n) is 10.6. The van der Waals surface area contributed by atoms with E-state index in [0.717, 1.165) is 25.0 Å². The molecule has 1 aliphatic rings. The maximum absolute atomic E-state index is 13.6. The highest BCUT2D eigenvalue weighted by molar-refractivity contribution is 6.74. The summed E-state index contributed by atoms with van der Waals surface area (Å²) >= 11 is 0. The summed E-state index contributed by atoms with van der Waals surface area (Å²) in [5, 5.41) is 10.0. The minimum atomic E-state index is -1.88. The molecule has 3 rings (SSSR count). The molecule has 1 aromatic carbocycles. The summed E-state index contributed by atoms with van der Waals surface area (Å²) in [6, 6.07) is 8.24. The van der Waals surface area contributed by atoms with E-state index in [9.17, 15) is 14.7 Å². The van der Waals surface area contributed by atoms with Crippen molar-refractivity contribution >= 4 is 20.5 Å². The molecule has 0 spiro atoms. The van der Waals surface area contributed by atoms with Crippen LogP contribution < -0.4 is 4.74 Å². The molecule has 0 saturated carbocycles. The molecule has 8 heteroatoms. The highest BCUT2D eigenvalue weighted by Crippen LogP contribution is 2.36.